The third-order valence-corrected chi connectivity index (χ3v) is 4.66. The molecule has 0 radical (unpaired) electrons. The molecule has 0 fully saturated rings. The van der Waals surface area contributed by atoms with Crippen LogP contribution in [0.25, 0.3) is 0 Å². The van der Waals surface area contributed by atoms with Crippen LogP contribution in [0.1, 0.15) is 60.7 Å². The number of fused-ring (bicyclic) bond motifs is 2. The third kappa shape index (κ3) is 1.50. The number of benzene rings is 1. The summed E-state index contributed by atoms with van der Waals surface area (Å²) >= 11 is 6.47. The normalized spacial score (nSPS) is 26.3. The van der Waals surface area contributed by atoms with Crippen molar-refractivity contribution in [2.24, 2.45) is 0 Å². The van der Waals surface area contributed by atoms with Crippen LogP contribution < -0.4 is 0 Å². The first-order valence-corrected chi connectivity index (χ1v) is 6.82. The number of hydrogen-bond donors (Lipinski definition) is 0. The average Bonchev–Trinajstić information content (AvgIpc) is 2.47. The van der Waals surface area contributed by atoms with Crippen molar-refractivity contribution in [1.82, 2.24) is 0 Å². The van der Waals surface area contributed by atoms with Crippen LogP contribution in [0.5, 0.6) is 0 Å². The molecule has 0 N–H and O–H groups in total. The van der Waals surface area contributed by atoms with Gasteiger partial charge in [-0.05, 0) is 59.8 Å². The maximum absolute atomic E-state index is 6.47. The van der Waals surface area contributed by atoms with Crippen molar-refractivity contribution in [2.75, 3.05) is 0 Å². The highest BCUT2D eigenvalue weighted by Crippen LogP contribution is 2.49. The Hall–Kier alpha value is -0.490. The summed E-state index contributed by atoms with van der Waals surface area (Å²) in [5.74, 6) is 0. The molecular formula is C15H19Cl. The standard InChI is InChI=1S/C15H19Cl/c1-15(2)9-14(16)12-7-10-5-3-4-6-11(10)8-13(12)15/h7-8,14H,3-6,9H2,1-2H3. The quantitative estimate of drug-likeness (QED) is 0.579. The molecule has 1 heteroatoms. The van der Waals surface area contributed by atoms with Crippen molar-refractivity contribution in [3.63, 3.8) is 0 Å². The number of alkyl halides is 1. The van der Waals surface area contributed by atoms with Crippen LogP contribution in [-0.2, 0) is 18.3 Å². The molecule has 0 bridgehead atoms. The Kier molecular flexibility index (Phi) is 2.33. The molecule has 0 nitrogen and oxygen atoms in total. The minimum absolute atomic E-state index is 0.234. The van der Waals surface area contributed by atoms with E-state index in [2.05, 4.69) is 26.0 Å². The maximum Gasteiger partial charge on any atom is 0.0596 e. The molecule has 1 aromatic carbocycles. The Morgan fingerprint density at radius 1 is 1.12 bits per heavy atom. The maximum atomic E-state index is 6.47. The van der Waals surface area contributed by atoms with Gasteiger partial charge in [0.25, 0.3) is 0 Å². The second-order valence-corrected chi connectivity index (χ2v) is 6.50. The summed E-state index contributed by atoms with van der Waals surface area (Å²) in [4.78, 5) is 0. The summed E-state index contributed by atoms with van der Waals surface area (Å²) in [6.45, 7) is 4.65. The van der Waals surface area contributed by atoms with Crippen LogP contribution in [0, 0.1) is 0 Å². The van der Waals surface area contributed by atoms with E-state index >= 15 is 0 Å². The first-order valence-electron chi connectivity index (χ1n) is 6.38. The highest BCUT2D eigenvalue weighted by molar-refractivity contribution is 6.21. The van der Waals surface area contributed by atoms with Gasteiger partial charge < -0.3 is 0 Å². The number of rotatable bonds is 0. The fourth-order valence-electron chi connectivity index (χ4n) is 3.32. The summed E-state index contributed by atoms with van der Waals surface area (Å²) < 4.78 is 0. The monoisotopic (exact) mass is 234 g/mol. The summed E-state index contributed by atoms with van der Waals surface area (Å²) in [7, 11) is 0. The number of aryl methyl sites for hydroxylation is 2. The lowest BCUT2D eigenvalue weighted by Crippen LogP contribution is -2.13. The van der Waals surface area contributed by atoms with Gasteiger partial charge in [-0.25, -0.2) is 0 Å². The van der Waals surface area contributed by atoms with Gasteiger partial charge in [-0.3, -0.25) is 0 Å². The Morgan fingerprint density at radius 2 is 1.75 bits per heavy atom. The molecule has 16 heavy (non-hydrogen) atoms. The van der Waals surface area contributed by atoms with E-state index in [1.807, 2.05) is 0 Å². The van der Waals surface area contributed by atoms with Crippen molar-refractivity contribution in [2.45, 2.75) is 56.7 Å². The Labute approximate surface area is 103 Å². The minimum Gasteiger partial charge on any atom is -0.118 e. The van der Waals surface area contributed by atoms with Crippen LogP contribution in [-0.4, -0.2) is 0 Å². The molecular weight excluding hydrogens is 216 g/mol. The van der Waals surface area contributed by atoms with Gasteiger partial charge >= 0.3 is 0 Å². The van der Waals surface area contributed by atoms with E-state index in [1.165, 1.54) is 36.8 Å². The first kappa shape index (κ1) is 10.7. The largest absolute Gasteiger partial charge is 0.118 e. The molecule has 0 aliphatic heterocycles. The Balaban J connectivity index is 2.16. The lowest BCUT2D eigenvalue weighted by Gasteiger charge is -2.22. The summed E-state index contributed by atoms with van der Waals surface area (Å²) in [6.07, 6.45) is 6.32. The zero-order chi connectivity index (χ0) is 11.3. The minimum atomic E-state index is 0.234. The predicted molar refractivity (Wildman–Crippen MR) is 69.3 cm³/mol. The van der Waals surface area contributed by atoms with Crippen molar-refractivity contribution in [3.8, 4) is 0 Å². The molecule has 0 spiro atoms. The van der Waals surface area contributed by atoms with Gasteiger partial charge in [0.05, 0.1) is 5.38 Å². The topological polar surface area (TPSA) is 0 Å². The average molecular weight is 235 g/mol. The van der Waals surface area contributed by atoms with E-state index < -0.39 is 0 Å². The zero-order valence-corrected chi connectivity index (χ0v) is 10.9. The van der Waals surface area contributed by atoms with Crippen LogP contribution in [0.4, 0.5) is 0 Å². The number of halogens is 1. The molecule has 2 aliphatic rings. The third-order valence-electron chi connectivity index (χ3n) is 4.27. The van der Waals surface area contributed by atoms with Gasteiger partial charge in [0.1, 0.15) is 0 Å². The van der Waals surface area contributed by atoms with Gasteiger partial charge in [-0.1, -0.05) is 26.0 Å². The van der Waals surface area contributed by atoms with Crippen LogP contribution in [0.3, 0.4) is 0 Å². The number of hydrogen-bond acceptors (Lipinski definition) is 0. The highest BCUT2D eigenvalue weighted by Gasteiger charge is 2.36. The van der Waals surface area contributed by atoms with E-state index in [0.29, 0.717) is 0 Å². The second-order valence-electron chi connectivity index (χ2n) is 5.97. The Morgan fingerprint density at radius 3 is 2.44 bits per heavy atom. The highest BCUT2D eigenvalue weighted by atomic mass is 35.5. The van der Waals surface area contributed by atoms with E-state index in [-0.39, 0.29) is 10.8 Å². The molecule has 0 amide bonds. The van der Waals surface area contributed by atoms with Crippen molar-refractivity contribution in [1.29, 1.82) is 0 Å². The molecule has 0 heterocycles. The van der Waals surface area contributed by atoms with Crippen molar-refractivity contribution < 1.29 is 0 Å². The molecule has 3 rings (SSSR count). The van der Waals surface area contributed by atoms with Gasteiger partial charge in [0.2, 0.25) is 0 Å². The fraction of sp³-hybridized carbons (Fsp3) is 0.600. The summed E-state index contributed by atoms with van der Waals surface area (Å²) in [5.41, 5.74) is 6.34. The lowest BCUT2D eigenvalue weighted by molar-refractivity contribution is 0.516. The molecule has 86 valence electrons. The van der Waals surface area contributed by atoms with Gasteiger partial charge in [0.15, 0.2) is 0 Å². The van der Waals surface area contributed by atoms with E-state index in [9.17, 15) is 0 Å². The van der Waals surface area contributed by atoms with Crippen LogP contribution >= 0.6 is 11.6 Å². The second kappa shape index (κ2) is 3.50. The van der Waals surface area contributed by atoms with E-state index in [1.54, 1.807) is 11.1 Å². The summed E-state index contributed by atoms with van der Waals surface area (Å²) in [6, 6.07) is 4.85. The van der Waals surface area contributed by atoms with Gasteiger partial charge in [-0.2, -0.15) is 0 Å². The van der Waals surface area contributed by atoms with Crippen molar-refractivity contribution in [3.05, 3.63) is 34.4 Å². The molecule has 1 unspecified atom stereocenters. The smallest absolute Gasteiger partial charge is 0.0596 e. The van der Waals surface area contributed by atoms with Crippen LogP contribution in [0.2, 0.25) is 0 Å². The fourth-order valence-corrected chi connectivity index (χ4v) is 3.88. The van der Waals surface area contributed by atoms with E-state index in [0.717, 1.165) is 6.42 Å². The Bertz CT molecular complexity index is 431. The molecule has 0 aromatic heterocycles. The molecule has 1 aromatic rings. The van der Waals surface area contributed by atoms with Gasteiger partial charge in [0, 0.05) is 0 Å². The lowest BCUT2D eigenvalue weighted by atomic mass is 9.82. The van der Waals surface area contributed by atoms with Gasteiger partial charge in [-0.15, -0.1) is 11.6 Å². The van der Waals surface area contributed by atoms with Crippen molar-refractivity contribution >= 4 is 11.6 Å². The van der Waals surface area contributed by atoms with Crippen LogP contribution in [0.15, 0.2) is 12.1 Å². The zero-order valence-electron chi connectivity index (χ0n) is 10.1. The molecule has 1 atom stereocenters. The predicted octanol–water partition coefficient (Wildman–Crippen LogP) is 4.53. The van der Waals surface area contributed by atoms with E-state index in [4.69, 9.17) is 11.6 Å². The SMILES string of the molecule is CC1(C)CC(Cl)c2cc3c(cc21)CCCC3. The first-order chi connectivity index (χ1) is 7.58. The molecule has 0 saturated heterocycles. The molecule has 0 saturated carbocycles. The molecule has 2 aliphatic carbocycles. The summed E-state index contributed by atoms with van der Waals surface area (Å²) in [5, 5.41) is 0.234.